The Morgan fingerprint density at radius 1 is 1.31 bits per heavy atom. The summed E-state index contributed by atoms with van der Waals surface area (Å²) >= 11 is 0. The van der Waals surface area contributed by atoms with Gasteiger partial charge in [0, 0.05) is 12.4 Å². The number of nitrogens with one attached hydrogen (secondary N) is 1. The molecule has 7 heteroatoms. The summed E-state index contributed by atoms with van der Waals surface area (Å²) in [6, 6.07) is -1.15. The normalized spacial score (nSPS) is 10.5. The van der Waals surface area contributed by atoms with Crippen LogP contribution in [0.4, 0.5) is 0 Å². The van der Waals surface area contributed by atoms with E-state index >= 15 is 0 Å². The first-order chi connectivity index (χ1) is 5.07. The van der Waals surface area contributed by atoms with Gasteiger partial charge in [-0.1, -0.05) is 6.92 Å². The molecule has 0 heterocycles. The van der Waals surface area contributed by atoms with Crippen molar-refractivity contribution in [2.75, 3.05) is 6.54 Å². The summed E-state index contributed by atoms with van der Waals surface area (Å²) in [5, 5.41) is 22.5. The number of hydrogen-bond acceptors (Lipinski definition) is 5. The minimum absolute atomic E-state index is 0. The minimum atomic E-state index is -1.42. The van der Waals surface area contributed by atoms with Gasteiger partial charge in [-0.25, -0.2) is 0 Å². The zero-order chi connectivity index (χ0) is 8.85. The molecular weight excluding hydrogens is 228 g/mol. The van der Waals surface area contributed by atoms with Gasteiger partial charge in [0.15, 0.2) is 0 Å². The fourth-order valence-electron chi connectivity index (χ4n) is 0.652. The Labute approximate surface area is 162 Å². The topological polar surface area (TPSA) is 92.3 Å². The monoisotopic (exact) mass is 237 g/mol. The minimum Gasteiger partial charge on any atom is -0.550 e. The van der Waals surface area contributed by atoms with Gasteiger partial charge in [-0.15, -0.1) is 0 Å². The average molecular weight is 237 g/mol. The maximum Gasteiger partial charge on any atom is 1.00 e. The van der Waals surface area contributed by atoms with Crippen molar-refractivity contribution in [1.29, 1.82) is 0 Å². The Bertz CT molecular complexity index is 165. The van der Waals surface area contributed by atoms with Crippen molar-refractivity contribution < 1.29 is 123 Å². The van der Waals surface area contributed by atoms with Crippen LogP contribution < -0.4 is 118 Å². The molecule has 0 aliphatic carbocycles. The summed E-state index contributed by atoms with van der Waals surface area (Å²) in [4.78, 5) is 20.1. The molecule has 0 saturated heterocycles. The molecule has 0 radical (unpaired) electrons. The van der Waals surface area contributed by atoms with E-state index in [9.17, 15) is 19.8 Å². The first-order valence-corrected chi connectivity index (χ1v) is 3.22. The molecule has 0 fully saturated rings. The second-order valence-electron chi connectivity index (χ2n) is 2.01. The summed E-state index contributed by atoms with van der Waals surface area (Å²) in [5.74, 6) is -2.82. The van der Waals surface area contributed by atoms with Crippen LogP contribution in [0.15, 0.2) is 0 Å². The molecule has 0 aliphatic rings. The first-order valence-electron chi connectivity index (χ1n) is 3.22. The van der Waals surface area contributed by atoms with Gasteiger partial charge in [-0.3, -0.25) is 0 Å². The van der Waals surface area contributed by atoms with E-state index < -0.39 is 24.4 Å². The van der Waals surface area contributed by atoms with Crippen LogP contribution in [-0.2, 0) is 9.59 Å². The van der Waals surface area contributed by atoms with Crippen LogP contribution in [0.2, 0.25) is 0 Å². The predicted molar refractivity (Wildman–Crippen MR) is 32.1 cm³/mol. The zero-order valence-corrected chi connectivity index (χ0v) is 14.4. The fraction of sp³-hybridized carbons (Fsp3) is 0.667. The summed E-state index contributed by atoms with van der Waals surface area (Å²) in [5.41, 5.74) is 0. The van der Waals surface area contributed by atoms with E-state index in [4.69, 9.17) is 0 Å². The zero-order valence-electron chi connectivity index (χ0n) is 8.12. The molecule has 0 aromatic carbocycles. The number of carboxylic acids is 2. The molecule has 1 N–H and O–H groups in total. The Kier molecular flexibility index (Phi) is 19.4. The molecule has 1 atom stereocenters. The van der Waals surface area contributed by atoms with Gasteiger partial charge in [0.2, 0.25) is 0 Å². The van der Waals surface area contributed by atoms with Gasteiger partial charge >= 0.3 is 103 Å². The molecule has 0 bridgehead atoms. The van der Waals surface area contributed by atoms with Crippen LogP contribution in [0.5, 0.6) is 0 Å². The summed E-state index contributed by atoms with van der Waals surface area (Å²) in [6.45, 7) is 2.05. The standard InChI is InChI=1S/C6H11NO4.2K/c1-2-7-4(6(10)11)3-5(8)9;;/h4,7H,2-3H2,1H3,(H,8,9)(H,10,11);;/q;2*+1/p-2. The van der Waals surface area contributed by atoms with Crippen molar-refractivity contribution in [3.05, 3.63) is 0 Å². The van der Waals surface area contributed by atoms with E-state index in [0.717, 1.165) is 0 Å². The SMILES string of the molecule is CCNC(CC(=O)[O-])C(=O)[O-].[K+].[K+]. The summed E-state index contributed by atoms with van der Waals surface area (Å²) in [6.07, 6.45) is -0.559. The molecule has 64 valence electrons. The average Bonchev–Trinajstić information content (AvgIpc) is 1.86. The second-order valence-corrected chi connectivity index (χ2v) is 2.01. The largest absolute Gasteiger partial charge is 1.00 e. The van der Waals surface area contributed by atoms with Gasteiger partial charge in [0.05, 0.1) is 12.0 Å². The molecule has 0 amide bonds. The number of carbonyl (C=O) groups is 2. The van der Waals surface area contributed by atoms with E-state index in [1.165, 1.54) is 0 Å². The van der Waals surface area contributed by atoms with Gasteiger partial charge in [0.25, 0.3) is 0 Å². The summed E-state index contributed by atoms with van der Waals surface area (Å²) in [7, 11) is 0. The van der Waals surface area contributed by atoms with E-state index in [-0.39, 0.29) is 103 Å². The Balaban J connectivity index is -0.000000500. The van der Waals surface area contributed by atoms with Gasteiger partial charge in [0.1, 0.15) is 0 Å². The number of aliphatic carboxylic acids is 2. The van der Waals surface area contributed by atoms with E-state index in [2.05, 4.69) is 5.32 Å². The van der Waals surface area contributed by atoms with Crippen LogP contribution in [0.25, 0.3) is 0 Å². The van der Waals surface area contributed by atoms with Crippen LogP contribution in [0.1, 0.15) is 13.3 Å². The van der Waals surface area contributed by atoms with Crippen LogP contribution in [0.3, 0.4) is 0 Å². The third-order valence-electron chi connectivity index (χ3n) is 1.11. The molecular formula is C6H9K2NO4. The Morgan fingerprint density at radius 3 is 2.00 bits per heavy atom. The van der Waals surface area contributed by atoms with E-state index in [1.807, 2.05) is 0 Å². The van der Waals surface area contributed by atoms with Crippen molar-refractivity contribution in [3.63, 3.8) is 0 Å². The van der Waals surface area contributed by atoms with Crippen molar-refractivity contribution in [1.82, 2.24) is 5.32 Å². The quantitative estimate of drug-likeness (QED) is 0.479. The number of rotatable bonds is 5. The Morgan fingerprint density at radius 2 is 1.77 bits per heavy atom. The van der Waals surface area contributed by atoms with E-state index in [0.29, 0.717) is 6.54 Å². The molecule has 13 heavy (non-hydrogen) atoms. The molecule has 0 spiro atoms. The predicted octanol–water partition coefficient (Wildman–Crippen LogP) is -9.14. The number of carboxylic acid groups (broad SMARTS) is 2. The third-order valence-corrected chi connectivity index (χ3v) is 1.11. The number of likely N-dealkylation sites (N-methyl/N-ethyl adjacent to an activating group) is 1. The number of carbonyl (C=O) groups excluding carboxylic acids is 2. The summed E-state index contributed by atoms with van der Waals surface area (Å²) < 4.78 is 0. The molecule has 0 aromatic rings. The van der Waals surface area contributed by atoms with Crippen molar-refractivity contribution in [3.8, 4) is 0 Å². The Hall–Kier alpha value is 2.17. The molecule has 0 aromatic heterocycles. The first kappa shape index (κ1) is 20.6. The smallest absolute Gasteiger partial charge is 0.550 e. The maximum atomic E-state index is 10.2. The van der Waals surface area contributed by atoms with Crippen molar-refractivity contribution >= 4 is 11.9 Å². The molecule has 1 unspecified atom stereocenters. The fourth-order valence-corrected chi connectivity index (χ4v) is 0.652. The molecule has 0 aliphatic heterocycles. The molecule has 0 rings (SSSR count). The molecule has 0 saturated carbocycles. The van der Waals surface area contributed by atoms with Crippen LogP contribution >= 0.6 is 0 Å². The molecule has 5 nitrogen and oxygen atoms in total. The van der Waals surface area contributed by atoms with Crippen molar-refractivity contribution in [2.24, 2.45) is 0 Å². The third kappa shape index (κ3) is 12.1. The number of hydrogen-bond donors (Lipinski definition) is 1. The van der Waals surface area contributed by atoms with Gasteiger partial charge < -0.3 is 25.1 Å². The second kappa shape index (κ2) is 12.2. The van der Waals surface area contributed by atoms with Crippen molar-refractivity contribution in [2.45, 2.75) is 19.4 Å². The van der Waals surface area contributed by atoms with Gasteiger partial charge in [-0.05, 0) is 6.54 Å². The maximum absolute atomic E-state index is 10.2. The van der Waals surface area contributed by atoms with Gasteiger partial charge in [-0.2, -0.15) is 0 Å². The van der Waals surface area contributed by atoms with E-state index in [1.54, 1.807) is 6.92 Å². The van der Waals surface area contributed by atoms with Crippen LogP contribution in [-0.4, -0.2) is 24.5 Å². The van der Waals surface area contributed by atoms with Crippen LogP contribution in [0, 0.1) is 0 Å².